The first-order valence-corrected chi connectivity index (χ1v) is 7.20. The Hall–Kier alpha value is 1.30. The second-order valence-corrected chi connectivity index (χ2v) is 6.39. The molecule has 0 amide bonds. The molecule has 4 unspecified atom stereocenters. The molecule has 0 heterocycles. The van der Waals surface area contributed by atoms with Crippen molar-refractivity contribution in [3.05, 3.63) is 48.1 Å². The molecule has 0 bridgehead atoms. The molecule has 4 atom stereocenters. The molecular weight excluding hydrogens is 513 g/mol. The van der Waals surface area contributed by atoms with Crippen molar-refractivity contribution in [2.45, 2.75) is 16.5 Å². The van der Waals surface area contributed by atoms with Crippen LogP contribution in [0.1, 0.15) is 12.8 Å². The molecule has 1 fully saturated rings. The van der Waals surface area contributed by atoms with Gasteiger partial charge in [0.15, 0.2) is 0 Å². The van der Waals surface area contributed by atoms with Crippen LogP contribution >= 0.6 is 0 Å². The Kier molecular flexibility index (Phi) is 6.91. The van der Waals surface area contributed by atoms with Crippen LogP contribution in [0.5, 0.6) is 0 Å². The Bertz CT molecular complexity index is 382. The van der Waals surface area contributed by atoms with Crippen LogP contribution in [0.4, 0.5) is 0 Å². The number of hydrogen-bond acceptors (Lipinski definition) is 0. The fourth-order valence-electron chi connectivity index (χ4n) is 3.12. The van der Waals surface area contributed by atoms with Gasteiger partial charge in [-0.05, 0) is 0 Å². The van der Waals surface area contributed by atoms with E-state index in [9.17, 15) is 0 Å². The van der Waals surface area contributed by atoms with Crippen LogP contribution < -0.4 is 48.0 Å². The summed E-state index contributed by atoms with van der Waals surface area (Å²) in [5.41, 5.74) is 1.69. The molecule has 0 aromatic heterocycles. The predicted octanol–water partition coefficient (Wildman–Crippen LogP) is -2.41. The van der Waals surface area contributed by atoms with Crippen molar-refractivity contribution < 1.29 is 72.7 Å². The van der Waals surface area contributed by atoms with Gasteiger partial charge >= 0.3 is 107 Å². The Labute approximate surface area is 153 Å². The van der Waals surface area contributed by atoms with Crippen molar-refractivity contribution in [2.24, 2.45) is 17.8 Å². The molecule has 3 heteroatoms. The fraction of sp³-hybridized carbons (Fsp3) is 0.429. The van der Waals surface area contributed by atoms with Gasteiger partial charge in [-0.15, -0.1) is 0 Å². The van der Waals surface area contributed by atoms with Gasteiger partial charge in [0.1, 0.15) is 0 Å². The molecule has 3 aliphatic carbocycles. The zero-order valence-electron chi connectivity index (χ0n) is 9.52. The normalized spacial score (nSPS) is 37.2. The predicted molar refractivity (Wildman–Crippen MR) is 59.0 cm³/mol. The monoisotopic (exact) mass is 527 g/mol. The van der Waals surface area contributed by atoms with E-state index in [2.05, 4.69) is 42.5 Å². The Morgan fingerprint density at radius 2 is 1.82 bits per heavy atom. The van der Waals surface area contributed by atoms with Crippen molar-refractivity contribution in [1.29, 1.82) is 0 Å². The van der Waals surface area contributed by atoms with Crippen LogP contribution in [0.3, 0.4) is 0 Å². The fourth-order valence-corrected chi connectivity index (χ4v) is 4.86. The van der Waals surface area contributed by atoms with E-state index in [0.29, 0.717) is 0 Å². The van der Waals surface area contributed by atoms with Gasteiger partial charge in [-0.2, -0.15) is 0 Å². The molecule has 0 N–H and O–H groups in total. The maximum atomic E-state index is 2.44. The zero-order valence-corrected chi connectivity index (χ0v) is 16.3. The summed E-state index contributed by atoms with van der Waals surface area (Å²) in [6.45, 7) is 0. The number of fused-ring (bicyclic) bond motifs is 1. The average molecular weight is 528 g/mol. The number of halogens is 2. The van der Waals surface area contributed by atoms with Crippen molar-refractivity contribution >= 4 is 0 Å². The van der Waals surface area contributed by atoms with Gasteiger partial charge < -0.3 is 48.0 Å². The third-order valence-corrected chi connectivity index (χ3v) is 5.88. The molecule has 1 saturated carbocycles. The summed E-state index contributed by atoms with van der Waals surface area (Å²) < 4.78 is 0.912. The SMILES string of the molecule is [I-].[I-].[Zr+2][CH]1C(C2=CC=CC2)CC2C=CC=CC21. The number of allylic oxidation sites excluding steroid dienone is 8. The van der Waals surface area contributed by atoms with Crippen molar-refractivity contribution in [2.75, 3.05) is 0 Å². The summed E-state index contributed by atoms with van der Waals surface area (Å²) in [4.78, 5) is 0. The second kappa shape index (κ2) is 7.18. The van der Waals surface area contributed by atoms with Gasteiger partial charge in [0.25, 0.3) is 0 Å². The number of rotatable bonds is 1. The Morgan fingerprint density at radius 1 is 1.06 bits per heavy atom. The van der Waals surface area contributed by atoms with Crippen molar-refractivity contribution in [3.8, 4) is 0 Å². The summed E-state index contributed by atoms with van der Waals surface area (Å²) in [7, 11) is 0. The van der Waals surface area contributed by atoms with Crippen LogP contribution in [0.2, 0.25) is 3.63 Å². The zero-order chi connectivity index (χ0) is 10.3. The van der Waals surface area contributed by atoms with E-state index in [1.165, 1.54) is 12.8 Å². The molecular formula is C14H15I2Zr. The molecule has 0 saturated heterocycles. The molecule has 0 aromatic rings. The minimum atomic E-state index is 0. The van der Waals surface area contributed by atoms with E-state index < -0.39 is 0 Å². The van der Waals surface area contributed by atoms with Gasteiger partial charge in [0, 0.05) is 0 Å². The minimum absolute atomic E-state index is 0. The molecule has 0 aliphatic heterocycles. The average Bonchev–Trinajstić information content (AvgIpc) is 2.87. The topological polar surface area (TPSA) is 0 Å². The summed E-state index contributed by atoms with van der Waals surface area (Å²) in [6, 6.07) is 0. The van der Waals surface area contributed by atoms with E-state index >= 15 is 0 Å². The van der Waals surface area contributed by atoms with E-state index in [0.717, 1.165) is 21.4 Å². The van der Waals surface area contributed by atoms with Gasteiger partial charge in [-0.3, -0.25) is 0 Å². The van der Waals surface area contributed by atoms with Crippen LogP contribution in [0.15, 0.2) is 48.1 Å². The Morgan fingerprint density at radius 3 is 2.47 bits per heavy atom. The standard InChI is InChI=1S/C14H15.2HI.Zr/c1-2-6-11(5-1)14-9-12-7-3-4-8-13(12)10-14;;;/h1-5,7-9,12-14H,6,10H2;2*1H;/q;;;+2/p-2. The van der Waals surface area contributed by atoms with Gasteiger partial charge in [0.2, 0.25) is 0 Å². The van der Waals surface area contributed by atoms with Crippen LogP contribution in [0.25, 0.3) is 0 Å². The van der Waals surface area contributed by atoms with E-state index in [1.54, 1.807) is 30.3 Å². The van der Waals surface area contributed by atoms with E-state index in [4.69, 9.17) is 0 Å². The third kappa shape index (κ3) is 3.25. The van der Waals surface area contributed by atoms with Crippen LogP contribution in [-0.2, 0) is 24.7 Å². The number of hydrogen-bond donors (Lipinski definition) is 0. The van der Waals surface area contributed by atoms with E-state index in [-0.39, 0.29) is 48.0 Å². The second-order valence-electron chi connectivity index (χ2n) is 4.75. The molecule has 0 nitrogen and oxygen atoms in total. The molecule has 0 spiro atoms. The molecule has 3 rings (SSSR count). The first-order valence-electron chi connectivity index (χ1n) is 5.78. The molecule has 17 heavy (non-hydrogen) atoms. The van der Waals surface area contributed by atoms with E-state index in [1.807, 2.05) is 0 Å². The summed E-state index contributed by atoms with van der Waals surface area (Å²) in [5.74, 6) is 2.52. The van der Waals surface area contributed by atoms with Crippen LogP contribution in [0, 0.1) is 17.8 Å². The molecule has 3 aliphatic rings. The molecule has 89 valence electrons. The summed E-state index contributed by atoms with van der Waals surface area (Å²) >= 11 is 1.72. The first-order chi connectivity index (χ1) is 7.36. The maximum absolute atomic E-state index is 2.44. The molecule has 0 radical (unpaired) electrons. The van der Waals surface area contributed by atoms with Gasteiger partial charge in [0.05, 0.1) is 0 Å². The first kappa shape index (κ1) is 16.4. The van der Waals surface area contributed by atoms with Crippen molar-refractivity contribution in [3.63, 3.8) is 0 Å². The van der Waals surface area contributed by atoms with Gasteiger partial charge in [-0.25, -0.2) is 0 Å². The quantitative estimate of drug-likeness (QED) is 0.333. The summed E-state index contributed by atoms with van der Waals surface area (Å²) in [5, 5.41) is 0. The van der Waals surface area contributed by atoms with Gasteiger partial charge in [-0.1, -0.05) is 0 Å². The van der Waals surface area contributed by atoms with Crippen LogP contribution in [-0.4, -0.2) is 0 Å². The molecule has 0 aromatic carbocycles. The summed E-state index contributed by atoms with van der Waals surface area (Å²) in [6.07, 6.45) is 18.8. The Balaban J connectivity index is 0.000000722. The third-order valence-electron chi connectivity index (χ3n) is 3.95. The van der Waals surface area contributed by atoms with Crippen molar-refractivity contribution in [1.82, 2.24) is 0 Å².